The van der Waals surface area contributed by atoms with Gasteiger partial charge in [-0.25, -0.2) is 0 Å². The maximum atomic E-state index is 10.7. The lowest BCUT2D eigenvalue weighted by molar-refractivity contribution is -0.384. The Bertz CT molecular complexity index is 408. The second-order valence-corrected chi connectivity index (χ2v) is 4.48. The molecule has 0 spiro atoms. The quantitative estimate of drug-likeness (QED) is 0.337. The smallest absolute Gasteiger partial charge is 0.269 e. The molecule has 0 fully saturated rings. The van der Waals surface area contributed by atoms with Gasteiger partial charge in [0.15, 0.2) is 0 Å². The van der Waals surface area contributed by atoms with Crippen LogP contribution in [0.1, 0.15) is 25.8 Å². The number of hydrazine groups is 1. The molecule has 6 nitrogen and oxygen atoms in total. The first kappa shape index (κ1) is 14.4. The van der Waals surface area contributed by atoms with Gasteiger partial charge in [0.2, 0.25) is 0 Å². The van der Waals surface area contributed by atoms with E-state index in [0.717, 1.165) is 6.42 Å². The Morgan fingerprint density at radius 3 is 2.78 bits per heavy atom. The van der Waals surface area contributed by atoms with Crippen LogP contribution in [0.3, 0.4) is 0 Å². The number of non-ortho nitro benzene ring substituents is 1. The van der Waals surface area contributed by atoms with Gasteiger partial charge in [0.1, 0.15) is 0 Å². The van der Waals surface area contributed by atoms with Crippen LogP contribution >= 0.6 is 0 Å². The summed E-state index contributed by atoms with van der Waals surface area (Å²) in [5, 5.41) is 10.7. The zero-order valence-electron chi connectivity index (χ0n) is 10.7. The van der Waals surface area contributed by atoms with Gasteiger partial charge in [-0.3, -0.25) is 16.0 Å². The molecule has 0 aliphatic rings. The Balaban J connectivity index is 2.66. The van der Waals surface area contributed by atoms with E-state index in [-0.39, 0.29) is 5.69 Å². The van der Waals surface area contributed by atoms with Crippen LogP contribution in [0.25, 0.3) is 0 Å². The number of hydrogen-bond donors (Lipinski definition) is 2. The zero-order valence-corrected chi connectivity index (χ0v) is 10.7. The standard InChI is InChI=1S/C12H19N3O3/c1-9(2)5-6-18-8-10-7-11(15(16)17)3-4-12(10)14-13/h3-4,7,9,14H,5-6,8,13H2,1-2H3. The van der Waals surface area contributed by atoms with Gasteiger partial charge in [0, 0.05) is 24.3 Å². The molecule has 1 aromatic carbocycles. The Labute approximate surface area is 106 Å². The summed E-state index contributed by atoms with van der Waals surface area (Å²) in [6.45, 7) is 5.17. The number of nitro benzene ring substituents is 1. The maximum Gasteiger partial charge on any atom is 0.269 e. The van der Waals surface area contributed by atoms with Crippen molar-refractivity contribution < 1.29 is 9.66 Å². The first-order valence-corrected chi connectivity index (χ1v) is 5.86. The van der Waals surface area contributed by atoms with Crippen LogP contribution in [0.15, 0.2) is 18.2 Å². The molecule has 0 atom stereocenters. The van der Waals surface area contributed by atoms with Crippen LogP contribution < -0.4 is 11.3 Å². The van der Waals surface area contributed by atoms with Crippen molar-refractivity contribution in [1.29, 1.82) is 0 Å². The molecule has 0 heterocycles. The normalized spacial score (nSPS) is 10.7. The molecule has 0 aliphatic heterocycles. The van der Waals surface area contributed by atoms with Crippen molar-refractivity contribution in [1.82, 2.24) is 0 Å². The number of nitrogens with one attached hydrogen (secondary N) is 1. The van der Waals surface area contributed by atoms with E-state index in [1.54, 1.807) is 6.07 Å². The summed E-state index contributed by atoms with van der Waals surface area (Å²) in [5.41, 5.74) is 3.88. The molecule has 0 saturated heterocycles. The summed E-state index contributed by atoms with van der Waals surface area (Å²) in [7, 11) is 0. The summed E-state index contributed by atoms with van der Waals surface area (Å²) in [6.07, 6.45) is 0.959. The molecule has 3 N–H and O–H groups in total. The van der Waals surface area contributed by atoms with Gasteiger partial charge in [0.05, 0.1) is 17.2 Å². The van der Waals surface area contributed by atoms with Crippen LogP contribution in [-0.4, -0.2) is 11.5 Å². The lowest BCUT2D eigenvalue weighted by atomic mass is 10.1. The van der Waals surface area contributed by atoms with Gasteiger partial charge >= 0.3 is 0 Å². The molecule has 0 amide bonds. The van der Waals surface area contributed by atoms with Gasteiger partial charge in [-0.15, -0.1) is 0 Å². The highest BCUT2D eigenvalue weighted by atomic mass is 16.6. The summed E-state index contributed by atoms with van der Waals surface area (Å²) in [6, 6.07) is 4.47. The minimum atomic E-state index is -0.433. The fourth-order valence-corrected chi connectivity index (χ4v) is 1.46. The number of nitrogen functional groups attached to an aromatic ring is 1. The van der Waals surface area contributed by atoms with Gasteiger partial charge in [-0.05, 0) is 18.4 Å². The second kappa shape index (κ2) is 6.93. The van der Waals surface area contributed by atoms with Crippen molar-refractivity contribution >= 4 is 11.4 Å². The molecule has 0 bridgehead atoms. The third kappa shape index (κ3) is 4.31. The number of rotatable bonds is 7. The van der Waals surface area contributed by atoms with Crippen LogP contribution in [0, 0.1) is 16.0 Å². The van der Waals surface area contributed by atoms with E-state index in [4.69, 9.17) is 10.6 Å². The van der Waals surface area contributed by atoms with Crippen molar-refractivity contribution in [3.63, 3.8) is 0 Å². The van der Waals surface area contributed by atoms with Gasteiger partial charge in [0.25, 0.3) is 5.69 Å². The average molecular weight is 253 g/mol. The van der Waals surface area contributed by atoms with Crippen molar-refractivity contribution in [3.8, 4) is 0 Å². The molecular weight excluding hydrogens is 234 g/mol. The van der Waals surface area contributed by atoms with Crippen LogP contribution in [0.5, 0.6) is 0 Å². The minimum absolute atomic E-state index is 0.0384. The molecule has 0 aromatic heterocycles. The highest BCUT2D eigenvalue weighted by Gasteiger charge is 2.10. The van der Waals surface area contributed by atoms with E-state index < -0.39 is 4.92 Å². The molecule has 0 aliphatic carbocycles. The largest absolute Gasteiger partial charge is 0.377 e. The molecule has 1 aromatic rings. The molecule has 0 radical (unpaired) electrons. The molecule has 1 rings (SSSR count). The topological polar surface area (TPSA) is 90.4 Å². The molecule has 18 heavy (non-hydrogen) atoms. The first-order chi connectivity index (χ1) is 8.54. The highest BCUT2D eigenvalue weighted by Crippen LogP contribution is 2.22. The molecule has 100 valence electrons. The van der Waals surface area contributed by atoms with E-state index >= 15 is 0 Å². The molecule has 6 heteroatoms. The number of nitrogens with zero attached hydrogens (tertiary/aromatic N) is 1. The Morgan fingerprint density at radius 2 is 2.22 bits per heavy atom. The summed E-state index contributed by atoms with van der Waals surface area (Å²) in [4.78, 5) is 10.3. The zero-order chi connectivity index (χ0) is 13.5. The summed E-state index contributed by atoms with van der Waals surface area (Å²) in [5.74, 6) is 5.93. The summed E-state index contributed by atoms with van der Waals surface area (Å²) >= 11 is 0. The van der Waals surface area contributed by atoms with E-state index in [1.165, 1.54) is 12.1 Å². The van der Waals surface area contributed by atoms with Crippen molar-refractivity contribution in [2.24, 2.45) is 11.8 Å². The van der Waals surface area contributed by atoms with Gasteiger partial charge < -0.3 is 10.2 Å². The highest BCUT2D eigenvalue weighted by molar-refractivity contribution is 5.55. The van der Waals surface area contributed by atoms with Gasteiger partial charge in [-0.1, -0.05) is 13.8 Å². The molecular formula is C12H19N3O3. The maximum absolute atomic E-state index is 10.7. The Hall–Kier alpha value is -1.66. The first-order valence-electron chi connectivity index (χ1n) is 5.86. The monoisotopic (exact) mass is 253 g/mol. The number of nitro groups is 1. The SMILES string of the molecule is CC(C)CCOCc1cc([N+](=O)[O-])ccc1NN. The van der Waals surface area contributed by atoms with Crippen molar-refractivity contribution in [2.45, 2.75) is 26.9 Å². The lowest BCUT2D eigenvalue weighted by Gasteiger charge is -2.10. The minimum Gasteiger partial charge on any atom is -0.377 e. The third-order valence-electron chi connectivity index (χ3n) is 2.55. The second-order valence-electron chi connectivity index (χ2n) is 4.48. The Morgan fingerprint density at radius 1 is 1.50 bits per heavy atom. The van der Waals surface area contributed by atoms with E-state index in [2.05, 4.69) is 19.3 Å². The number of nitrogens with two attached hydrogens (primary N) is 1. The van der Waals surface area contributed by atoms with E-state index in [1.807, 2.05) is 0 Å². The van der Waals surface area contributed by atoms with Crippen LogP contribution in [-0.2, 0) is 11.3 Å². The third-order valence-corrected chi connectivity index (χ3v) is 2.55. The van der Waals surface area contributed by atoms with Crippen molar-refractivity contribution in [2.75, 3.05) is 12.0 Å². The average Bonchev–Trinajstić information content (AvgIpc) is 2.34. The number of hydrogen-bond acceptors (Lipinski definition) is 5. The van der Waals surface area contributed by atoms with Crippen LogP contribution in [0.2, 0.25) is 0 Å². The summed E-state index contributed by atoms with van der Waals surface area (Å²) < 4.78 is 5.49. The van der Waals surface area contributed by atoms with E-state index in [9.17, 15) is 10.1 Å². The van der Waals surface area contributed by atoms with Crippen LogP contribution in [0.4, 0.5) is 11.4 Å². The predicted octanol–water partition coefficient (Wildman–Crippen LogP) is 2.44. The molecule has 0 unspecified atom stereocenters. The van der Waals surface area contributed by atoms with Crippen molar-refractivity contribution in [3.05, 3.63) is 33.9 Å². The van der Waals surface area contributed by atoms with Gasteiger partial charge in [-0.2, -0.15) is 0 Å². The Kier molecular flexibility index (Phi) is 5.54. The molecule has 0 saturated carbocycles. The van der Waals surface area contributed by atoms with E-state index in [0.29, 0.717) is 30.4 Å². The number of benzene rings is 1. The number of anilines is 1. The number of ether oxygens (including phenoxy) is 1. The fraction of sp³-hybridized carbons (Fsp3) is 0.500. The lowest BCUT2D eigenvalue weighted by Crippen LogP contribution is -2.10. The predicted molar refractivity (Wildman–Crippen MR) is 70.0 cm³/mol. The fourth-order valence-electron chi connectivity index (χ4n) is 1.46.